The maximum atomic E-state index is 12.8. The molecule has 1 heterocycles. The number of nitrogens with one attached hydrogen (secondary N) is 3. The van der Waals surface area contributed by atoms with E-state index in [0.717, 1.165) is 16.6 Å². The van der Waals surface area contributed by atoms with E-state index in [-0.39, 0.29) is 18.2 Å². The van der Waals surface area contributed by atoms with Crippen LogP contribution in [0.15, 0.2) is 78.9 Å². The lowest BCUT2D eigenvalue weighted by Crippen LogP contribution is -2.31. The summed E-state index contributed by atoms with van der Waals surface area (Å²) in [6, 6.07) is 23.1. The van der Waals surface area contributed by atoms with Gasteiger partial charge in [0.15, 0.2) is 0 Å². The fraction of sp³-hybridized carbons (Fsp3) is 0.0870. The Bertz CT molecular complexity index is 1160. The van der Waals surface area contributed by atoms with Gasteiger partial charge in [0.25, 0.3) is 5.91 Å². The first kappa shape index (κ1) is 19.7. The second-order valence-corrected chi connectivity index (χ2v) is 7.18. The van der Waals surface area contributed by atoms with E-state index in [2.05, 4.69) is 20.6 Å². The quantitative estimate of drug-likeness (QED) is 0.423. The molecule has 0 saturated heterocycles. The van der Waals surface area contributed by atoms with Gasteiger partial charge in [0, 0.05) is 0 Å². The first-order valence-corrected chi connectivity index (χ1v) is 9.83. The van der Waals surface area contributed by atoms with Gasteiger partial charge in [-0.1, -0.05) is 66.2 Å². The minimum Gasteiger partial charge on any atom is -0.345 e. The molecule has 0 aliphatic carbocycles. The van der Waals surface area contributed by atoms with Gasteiger partial charge in [-0.3, -0.25) is 14.9 Å². The molecule has 150 valence electrons. The number of anilines is 1. The van der Waals surface area contributed by atoms with Crippen LogP contribution in [0.25, 0.3) is 11.0 Å². The number of carbonyl (C=O) groups is 2. The Morgan fingerprint density at radius 3 is 2.40 bits per heavy atom. The zero-order chi connectivity index (χ0) is 20.9. The van der Waals surface area contributed by atoms with E-state index in [0.29, 0.717) is 16.5 Å². The molecule has 3 aromatic carbocycles. The molecule has 0 aliphatic heterocycles. The Hall–Kier alpha value is -3.64. The molecule has 7 heteroatoms. The molecule has 6 nitrogen and oxygen atoms in total. The van der Waals surface area contributed by atoms with Crippen LogP contribution >= 0.6 is 11.6 Å². The van der Waals surface area contributed by atoms with Crippen LogP contribution in [0, 0.1) is 0 Å². The smallest absolute Gasteiger partial charge is 0.253 e. The van der Waals surface area contributed by atoms with Gasteiger partial charge in [-0.15, -0.1) is 0 Å². The van der Waals surface area contributed by atoms with Gasteiger partial charge in [-0.2, -0.15) is 0 Å². The number of hydrogen-bond acceptors (Lipinski definition) is 3. The first-order chi connectivity index (χ1) is 14.6. The summed E-state index contributed by atoms with van der Waals surface area (Å²) in [5, 5.41) is 6.05. The fourth-order valence-corrected chi connectivity index (χ4v) is 3.42. The summed E-state index contributed by atoms with van der Waals surface area (Å²) in [5.41, 5.74) is 2.77. The van der Waals surface area contributed by atoms with Crippen LogP contribution < -0.4 is 10.6 Å². The van der Waals surface area contributed by atoms with Crippen LogP contribution in [0.4, 0.5) is 5.95 Å². The highest BCUT2D eigenvalue weighted by Crippen LogP contribution is 2.21. The van der Waals surface area contributed by atoms with Crippen molar-refractivity contribution in [2.24, 2.45) is 0 Å². The van der Waals surface area contributed by atoms with E-state index in [1.165, 1.54) is 0 Å². The fourth-order valence-electron chi connectivity index (χ4n) is 3.20. The molecule has 0 spiro atoms. The van der Waals surface area contributed by atoms with Gasteiger partial charge in [-0.05, 0) is 29.8 Å². The summed E-state index contributed by atoms with van der Waals surface area (Å²) in [6.07, 6.45) is 0.0389. The number of hydrogen-bond donors (Lipinski definition) is 3. The van der Waals surface area contributed by atoms with Crippen molar-refractivity contribution < 1.29 is 9.59 Å². The molecule has 1 atom stereocenters. The average molecular weight is 419 g/mol. The lowest BCUT2D eigenvalue weighted by atomic mass is 10.0. The molecule has 1 aromatic heterocycles. The summed E-state index contributed by atoms with van der Waals surface area (Å²) in [4.78, 5) is 32.9. The third kappa shape index (κ3) is 4.50. The highest BCUT2D eigenvalue weighted by atomic mass is 35.5. The summed E-state index contributed by atoms with van der Waals surface area (Å²) < 4.78 is 0. The lowest BCUT2D eigenvalue weighted by molar-refractivity contribution is -0.116. The van der Waals surface area contributed by atoms with Gasteiger partial charge in [0.2, 0.25) is 11.9 Å². The number of para-hydroxylation sites is 2. The number of halogens is 1. The summed E-state index contributed by atoms with van der Waals surface area (Å²) in [6.45, 7) is 0. The molecule has 1 unspecified atom stereocenters. The molecule has 4 aromatic rings. The minimum absolute atomic E-state index is 0.0389. The van der Waals surface area contributed by atoms with E-state index in [4.69, 9.17) is 11.6 Å². The van der Waals surface area contributed by atoms with Gasteiger partial charge in [0.1, 0.15) is 0 Å². The van der Waals surface area contributed by atoms with Gasteiger partial charge in [-0.25, -0.2) is 4.98 Å². The second-order valence-electron chi connectivity index (χ2n) is 6.77. The van der Waals surface area contributed by atoms with Crippen LogP contribution in [0.2, 0.25) is 5.02 Å². The topological polar surface area (TPSA) is 86.9 Å². The van der Waals surface area contributed by atoms with Crippen LogP contribution in [-0.2, 0) is 4.79 Å². The zero-order valence-electron chi connectivity index (χ0n) is 15.9. The molecule has 0 radical (unpaired) electrons. The number of rotatable bonds is 6. The number of fused-ring (bicyclic) bond motifs is 1. The Labute approximate surface area is 178 Å². The Morgan fingerprint density at radius 2 is 1.63 bits per heavy atom. The molecular weight excluding hydrogens is 400 g/mol. The number of aromatic nitrogens is 2. The van der Waals surface area contributed by atoms with Crippen molar-refractivity contribution in [1.82, 2.24) is 15.3 Å². The summed E-state index contributed by atoms with van der Waals surface area (Å²) >= 11 is 6.15. The number of benzene rings is 3. The lowest BCUT2D eigenvalue weighted by Gasteiger charge is -2.19. The van der Waals surface area contributed by atoms with E-state index >= 15 is 0 Å². The van der Waals surface area contributed by atoms with Crippen molar-refractivity contribution in [3.63, 3.8) is 0 Å². The largest absolute Gasteiger partial charge is 0.345 e. The van der Waals surface area contributed by atoms with E-state index < -0.39 is 6.04 Å². The van der Waals surface area contributed by atoms with Crippen LogP contribution in [-0.4, -0.2) is 21.8 Å². The van der Waals surface area contributed by atoms with Gasteiger partial charge < -0.3 is 10.3 Å². The standard InChI is InChI=1S/C23H19ClN4O2/c24-17-11-5-4-10-16(17)22(30)25-20(15-8-2-1-3-9-15)14-21(29)28-23-26-18-12-6-7-13-19(18)27-23/h1-13,20H,14H2,(H,25,30)(H2,26,27,28,29). The summed E-state index contributed by atoms with van der Waals surface area (Å²) in [7, 11) is 0. The molecule has 3 N–H and O–H groups in total. The van der Waals surface area contributed by atoms with Crippen LogP contribution in [0.3, 0.4) is 0 Å². The van der Waals surface area contributed by atoms with E-state index in [1.54, 1.807) is 24.3 Å². The van der Waals surface area contributed by atoms with E-state index in [1.807, 2.05) is 54.6 Å². The van der Waals surface area contributed by atoms with Crippen molar-refractivity contribution in [3.05, 3.63) is 95.0 Å². The van der Waals surface area contributed by atoms with Crippen molar-refractivity contribution in [3.8, 4) is 0 Å². The number of amides is 2. The molecular formula is C23H19ClN4O2. The Balaban J connectivity index is 1.51. The SMILES string of the molecule is O=C(CC(NC(=O)c1ccccc1Cl)c1ccccc1)Nc1nc2ccccc2[nH]1. The number of imidazole rings is 1. The van der Waals surface area contributed by atoms with Gasteiger partial charge >= 0.3 is 0 Å². The number of aromatic amines is 1. The third-order valence-corrected chi connectivity index (χ3v) is 4.99. The van der Waals surface area contributed by atoms with Crippen LogP contribution in [0.5, 0.6) is 0 Å². The zero-order valence-corrected chi connectivity index (χ0v) is 16.7. The molecule has 30 heavy (non-hydrogen) atoms. The first-order valence-electron chi connectivity index (χ1n) is 9.45. The average Bonchev–Trinajstić information content (AvgIpc) is 3.16. The maximum absolute atomic E-state index is 12.8. The van der Waals surface area contributed by atoms with E-state index in [9.17, 15) is 9.59 Å². The monoisotopic (exact) mass is 418 g/mol. The third-order valence-electron chi connectivity index (χ3n) is 4.66. The van der Waals surface area contributed by atoms with Crippen LogP contribution in [0.1, 0.15) is 28.4 Å². The molecule has 0 fully saturated rings. The highest BCUT2D eigenvalue weighted by Gasteiger charge is 2.21. The maximum Gasteiger partial charge on any atom is 0.253 e. The molecule has 2 amide bonds. The predicted octanol–water partition coefficient (Wildman–Crippen LogP) is 4.72. The van der Waals surface area contributed by atoms with Crippen molar-refractivity contribution >= 4 is 40.4 Å². The van der Waals surface area contributed by atoms with Gasteiger partial charge in [0.05, 0.1) is 34.1 Å². The molecule has 0 aliphatic rings. The number of carbonyl (C=O) groups excluding carboxylic acids is 2. The number of H-pyrrole nitrogens is 1. The summed E-state index contributed by atoms with van der Waals surface area (Å²) in [5.74, 6) is -0.251. The Morgan fingerprint density at radius 1 is 0.933 bits per heavy atom. The van der Waals surface area contributed by atoms with Crippen molar-refractivity contribution in [2.45, 2.75) is 12.5 Å². The molecule has 0 saturated carbocycles. The predicted molar refractivity (Wildman–Crippen MR) is 117 cm³/mol. The Kier molecular flexibility index (Phi) is 5.77. The normalized spacial score (nSPS) is 11.8. The number of nitrogens with zero attached hydrogens (tertiary/aromatic N) is 1. The molecule has 0 bridgehead atoms. The van der Waals surface area contributed by atoms with Crippen molar-refractivity contribution in [1.29, 1.82) is 0 Å². The second kappa shape index (κ2) is 8.80. The van der Waals surface area contributed by atoms with Crippen molar-refractivity contribution in [2.75, 3.05) is 5.32 Å². The minimum atomic E-state index is -0.528. The molecule has 4 rings (SSSR count). The highest BCUT2D eigenvalue weighted by molar-refractivity contribution is 6.33.